The molecule has 5 rings (SSSR count). The summed E-state index contributed by atoms with van der Waals surface area (Å²) in [5.41, 5.74) is 1.64. The lowest BCUT2D eigenvalue weighted by Crippen LogP contribution is -2.31. The smallest absolute Gasteiger partial charge is 0.294 e. The van der Waals surface area contributed by atoms with Crippen LogP contribution >= 0.6 is 11.6 Å². The SMILES string of the molecule is CCCOc1ccc(C2C(C(=O)c3cc4cc(Cl)ccc4o3)=C(O)C(=O)N2c2ccccc2)cc1. The van der Waals surface area contributed by atoms with Gasteiger partial charge >= 0.3 is 0 Å². The third-order valence-corrected chi connectivity index (χ3v) is 6.09. The lowest BCUT2D eigenvalue weighted by Gasteiger charge is -2.26. The molecular weight excluding hydrogens is 466 g/mol. The van der Waals surface area contributed by atoms with E-state index in [9.17, 15) is 14.7 Å². The van der Waals surface area contributed by atoms with E-state index in [1.165, 1.54) is 4.90 Å². The quantitative estimate of drug-likeness (QED) is 0.295. The summed E-state index contributed by atoms with van der Waals surface area (Å²) in [5.74, 6) is -1.14. The van der Waals surface area contributed by atoms with E-state index < -0.39 is 23.5 Å². The zero-order valence-electron chi connectivity index (χ0n) is 18.9. The summed E-state index contributed by atoms with van der Waals surface area (Å²) in [6.45, 7) is 2.60. The number of carbonyl (C=O) groups is 2. The molecule has 176 valence electrons. The number of furan rings is 1. The van der Waals surface area contributed by atoms with Crippen LogP contribution in [0.5, 0.6) is 5.75 Å². The predicted molar refractivity (Wildman–Crippen MR) is 134 cm³/mol. The van der Waals surface area contributed by atoms with Crippen LogP contribution in [0.3, 0.4) is 0 Å². The maximum Gasteiger partial charge on any atom is 0.294 e. The number of fused-ring (bicyclic) bond motifs is 1. The first-order valence-corrected chi connectivity index (χ1v) is 11.6. The van der Waals surface area contributed by atoms with Crippen molar-refractivity contribution in [2.75, 3.05) is 11.5 Å². The summed E-state index contributed by atoms with van der Waals surface area (Å²) in [4.78, 5) is 28.4. The van der Waals surface area contributed by atoms with E-state index in [0.29, 0.717) is 39.6 Å². The van der Waals surface area contributed by atoms with E-state index in [1.54, 1.807) is 72.8 Å². The Morgan fingerprint density at radius 2 is 1.80 bits per heavy atom. The first-order chi connectivity index (χ1) is 17.0. The van der Waals surface area contributed by atoms with E-state index in [2.05, 4.69) is 0 Å². The Balaban J connectivity index is 1.60. The number of aliphatic hydroxyl groups excluding tert-OH is 1. The Hall–Kier alpha value is -4.03. The summed E-state index contributed by atoms with van der Waals surface area (Å²) in [7, 11) is 0. The number of aliphatic hydroxyl groups is 1. The molecule has 0 saturated carbocycles. The van der Waals surface area contributed by atoms with Crippen LogP contribution in [0.4, 0.5) is 5.69 Å². The molecule has 0 fully saturated rings. The lowest BCUT2D eigenvalue weighted by atomic mass is 9.94. The molecule has 1 aliphatic rings. The Bertz CT molecular complexity index is 1440. The predicted octanol–water partition coefficient (Wildman–Crippen LogP) is 6.66. The van der Waals surface area contributed by atoms with Gasteiger partial charge in [0.2, 0.25) is 5.78 Å². The minimum absolute atomic E-state index is 0.0134. The Labute approximate surface area is 207 Å². The maximum atomic E-state index is 13.7. The van der Waals surface area contributed by atoms with Crippen LogP contribution in [-0.2, 0) is 4.79 Å². The van der Waals surface area contributed by atoms with Gasteiger partial charge in [0, 0.05) is 16.1 Å². The number of para-hydroxylation sites is 1. The number of anilines is 1. The summed E-state index contributed by atoms with van der Waals surface area (Å²) in [5, 5.41) is 12.1. The lowest BCUT2D eigenvalue weighted by molar-refractivity contribution is -0.117. The van der Waals surface area contributed by atoms with Crippen LogP contribution in [-0.4, -0.2) is 23.4 Å². The van der Waals surface area contributed by atoms with Crippen LogP contribution in [0.15, 0.2) is 94.6 Å². The van der Waals surface area contributed by atoms with Crippen molar-refractivity contribution in [2.24, 2.45) is 0 Å². The first kappa shape index (κ1) is 22.7. The average Bonchev–Trinajstić information content (AvgIpc) is 3.41. The summed E-state index contributed by atoms with van der Waals surface area (Å²) < 4.78 is 11.4. The van der Waals surface area contributed by atoms with E-state index in [1.807, 2.05) is 13.0 Å². The van der Waals surface area contributed by atoms with E-state index in [4.69, 9.17) is 20.8 Å². The first-order valence-electron chi connectivity index (χ1n) is 11.3. The van der Waals surface area contributed by atoms with Gasteiger partial charge in [0.15, 0.2) is 11.5 Å². The number of hydrogen-bond donors (Lipinski definition) is 1. The number of ether oxygens (including phenoxy) is 1. The monoisotopic (exact) mass is 487 g/mol. The molecule has 1 unspecified atom stereocenters. The van der Waals surface area contributed by atoms with Crippen molar-refractivity contribution in [3.63, 3.8) is 0 Å². The van der Waals surface area contributed by atoms with Crippen molar-refractivity contribution in [3.05, 3.63) is 107 Å². The van der Waals surface area contributed by atoms with Crippen molar-refractivity contribution in [3.8, 4) is 5.75 Å². The van der Waals surface area contributed by atoms with Gasteiger partial charge in [0.25, 0.3) is 5.91 Å². The van der Waals surface area contributed by atoms with Crippen LogP contribution < -0.4 is 9.64 Å². The number of hydrogen-bond acceptors (Lipinski definition) is 5. The van der Waals surface area contributed by atoms with E-state index >= 15 is 0 Å². The molecule has 35 heavy (non-hydrogen) atoms. The van der Waals surface area contributed by atoms with Gasteiger partial charge < -0.3 is 14.3 Å². The van der Waals surface area contributed by atoms with Gasteiger partial charge in [-0.1, -0.05) is 48.9 Å². The molecule has 1 atom stereocenters. The highest BCUT2D eigenvalue weighted by molar-refractivity contribution is 6.31. The van der Waals surface area contributed by atoms with Crippen LogP contribution in [0.2, 0.25) is 5.02 Å². The van der Waals surface area contributed by atoms with Crippen LogP contribution in [0, 0.1) is 0 Å². The van der Waals surface area contributed by atoms with Crippen LogP contribution in [0.1, 0.15) is 35.5 Å². The fraction of sp³-hybridized carbons (Fsp3) is 0.143. The second-order valence-corrected chi connectivity index (χ2v) is 8.65. The molecule has 0 spiro atoms. The van der Waals surface area contributed by atoms with E-state index in [0.717, 1.165) is 6.42 Å². The largest absolute Gasteiger partial charge is 0.503 e. The molecule has 2 heterocycles. The highest BCUT2D eigenvalue weighted by Crippen LogP contribution is 2.42. The molecule has 0 bridgehead atoms. The molecule has 4 aromatic rings. The van der Waals surface area contributed by atoms with Gasteiger partial charge in [-0.15, -0.1) is 0 Å². The van der Waals surface area contributed by atoms with Crippen molar-refractivity contribution in [1.82, 2.24) is 0 Å². The van der Waals surface area contributed by atoms with Gasteiger partial charge in [-0.25, -0.2) is 0 Å². The third-order valence-electron chi connectivity index (χ3n) is 5.86. The van der Waals surface area contributed by atoms with Gasteiger partial charge in [0.1, 0.15) is 11.3 Å². The normalized spacial score (nSPS) is 15.8. The number of ketones is 1. The number of rotatable bonds is 7. The number of halogens is 1. The molecule has 1 N–H and O–H groups in total. The van der Waals surface area contributed by atoms with Gasteiger partial charge in [0.05, 0.1) is 18.2 Å². The summed E-state index contributed by atoms with van der Waals surface area (Å²) in [6, 6.07) is 21.8. The molecule has 6 nitrogen and oxygen atoms in total. The molecule has 1 amide bonds. The molecule has 7 heteroatoms. The minimum atomic E-state index is -0.852. The zero-order valence-corrected chi connectivity index (χ0v) is 19.7. The van der Waals surface area contributed by atoms with Gasteiger partial charge in [-0.05, 0) is 60.5 Å². The van der Waals surface area contributed by atoms with Crippen molar-refractivity contribution in [1.29, 1.82) is 0 Å². The fourth-order valence-electron chi connectivity index (χ4n) is 4.23. The van der Waals surface area contributed by atoms with E-state index in [-0.39, 0.29) is 11.3 Å². The summed E-state index contributed by atoms with van der Waals surface area (Å²) in [6.07, 6.45) is 0.874. The third kappa shape index (κ3) is 4.17. The number of Topliss-reactive ketones (excluding diaryl/α,β-unsaturated/α-hetero) is 1. The number of amides is 1. The standard InChI is InChI=1S/C28H22ClNO5/c1-2-14-34-21-11-8-17(9-12-21)25-24(27(32)28(33)30(25)20-6-4-3-5-7-20)26(31)23-16-18-15-19(29)10-13-22(18)35-23/h3-13,15-16,25,32H,2,14H2,1H3. The van der Waals surface area contributed by atoms with Gasteiger partial charge in [-0.2, -0.15) is 0 Å². The second-order valence-electron chi connectivity index (χ2n) is 8.21. The molecule has 3 aromatic carbocycles. The number of carbonyl (C=O) groups excluding carboxylic acids is 2. The maximum absolute atomic E-state index is 13.7. The highest BCUT2D eigenvalue weighted by Gasteiger charge is 2.45. The number of benzene rings is 3. The summed E-state index contributed by atoms with van der Waals surface area (Å²) >= 11 is 6.07. The fourth-order valence-corrected chi connectivity index (χ4v) is 4.41. The molecular formula is C28H22ClNO5. The van der Waals surface area contributed by atoms with Gasteiger partial charge in [-0.3, -0.25) is 14.5 Å². The molecule has 0 saturated heterocycles. The highest BCUT2D eigenvalue weighted by atomic mass is 35.5. The van der Waals surface area contributed by atoms with Crippen molar-refractivity contribution >= 4 is 39.9 Å². The number of nitrogens with zero attached hydrogens (tertiary/aromatic N) is 1. The van der Waals surface area contributed by atoms with Crippen molar-refractivity contribution in [2.45, 2.75) is 19.4 Å². The molecule has 1 aromatic heterocycles. The molecule has 0 radical (unpaired) electrons. The average molecular weight is 488 g/mol. The van der Waals surface area contributed by atoms with Crippen LogP contribution in [0.25, 0.3) is 11.0 Å². The topological polar surface area (TPSA) is 80.0 Å². The zero-order chi connectivity index (χ0) is 24.5. The van der Waals surface area contributed by atoms with Crippen molar-refractivity contribution < 1.29 is 23.8 Å². The Morgan fingerprint density at radius 1 is 1.06 bits per heavy atom. The second kappa shape index (κ2) is 9.31. The molecule has 1 aliphatic heterocycles. The molecule has 0 aliphatic carbocycles. The minimum Gasteiger partial charge on any atom is -0.503 e. The Morgan fingerprint density at radius 3 is 2.51 bits per heavy atom. The Kier molecular flexibility index (Phi) is 6.05.